The maximum absolute atomic E-state index is 11.6. The second kappa shape index (κ2) is 8.73. The Hall–Kier alpha value is -1.31. The van der Waals surface area contributed by atoms with Crippen molar-refractivity contribution in [2.75, 3.05) is 14.1 Å². The molecule has 1 aromatic rings. The molecule has 2 heteroatoms. The molecular formula is C16H27NO. The van der Waals surface area contributed by atoms with Crippen molar-refractivity contribution in [3.05, 3.63) is 35.4 Å². The van der Waals surface area contributed by atoms with Crippen LogP contribution in [0.4, 0.5) is 0 Å². The Morgan fingerprint density at radius 1 is 1.11 bits per heavy atom. The molecule has 1 amide bonds. The van der Waals surface area contributed by atoms with Crippen LogP contribution < -0.4 is 0 Å². The van der Waals surface area contributed by atoms with Crippen LogP contribution in [0.1, 0.15) is 50.0 Å². The van der Waals surface area contributed by atoms with Crippen molar-refractivity contribution >= 4 is 5.91 Å². The summed E-state index contributed by atoms with van der Waals surface area (Å²) in [6.07, 6.45) is 2.29. The van der Waals surface area contributed by atoms with Gasteiger partial charge in [0.1, 0.15) is 0 Å². The second-order valence-electron chi connectivity index (χ2n) is 4.83. The summed E-state index contributed by atoms with van der Waals surface area (Å²) in [6.45, 7) is 8.45. The van der Waals surface area contributed by atoms with Crippen LogP contribution in [0.2, 0.25) is 0 Å². The molecule has 0 unspecified atom stereocenters. The average molecular weight is 249 g/mol. The number of hydrogen-bond acceptors (Lipinski definition) is 1. The van der Waals surface area contributed by atoms with Gasteiger partial charge in [-0.2, -0.15) is 0 Å². The predicted octanol–water partition coefficient (Wildman–Crippen LogP) is 4.00. The van der Waals surface area contributed by atoms with Crippen LogP contribution in [-0.4, -0.2) is 24.9 Å². The van der Waals surface area contributed by atoms with Gasteiger partial charge in [-0.15, -0.1) is 0 Å². The summed E-state index contributed by atoms with van der Waals surface area (Å²) in [5.74, 6) is 0.790. The zero-order chi connectivity index (χ0) is 14.1. The minimum Gasteiger partial charge on any atom is -0.345 e. The summed E-state index contributed by atoms with van der Waals surface area (Å²) in [5.41, 5.74) is 2.07. The molecule has 0 atom stereocenters. The summed E-state index contributed by atoms with van der Waals surface area (Å²) >= 11 is 0. The van der Waals surface area contributed by atoms with Crippen LogP contribution in [-0.2, 0) is 6.42 Å². The van der Waals surface area contributed by atoms with Crippen molar-refractivity contribution in [2.24, 2.45) is 5.92 Å². The largest absolute Gasteiger partial charge is 0.345 e. The van der Waals surface area contributed by atoms with Crippen LogP contribution in [0.3, 0.4) is 0 Å². The van der Waals surface area contributed by atoms with Gasteiger partial charge < -0.3 is 4.90 Å². The molecule has 1 aromatic carbocycles. The minimum atomic E-state index is 0.0652. The molecule has 0 saturated carbocycles. The van der Waals surface area contributed by atoms with Gasteiger partial charge in [-0.05, 0) is 36.5 Å². The molecule has 0 saturated heterocycles. The fraction of sp³-hybridized carbons (Fsp3) is 0.562. The van der Waals surface area contributed by atoms with E-state index in [0.29, 0.717) is 0 Å². The number of hydrogen-bond donors (Lipinski definition) is 0. The first-order chi connectivity index (χ1) is 8.50. The molecule has 2 nitrogen and oxygen atoms in total. The number of rotatable bonds is 4. The van der Waals surface area contributed by atoms with Crippen molar-refractivity contribution in [1.29, 1.82) is 0 Å². The van der Waals surface area contributed by atoms with E-state index in [0.717, 1.165) is 17.9 Å². The first kappa shape index (κ1) is 16.7. The predicted molar refractivity (Wildman–Crippen MR) is 79.0 cm³/mol. The molecule has 0 N–H and O–H groups in total. The van der Waals surface area contributed by atoms with Crippen LogP contribution in [0.5, 0.6) is 0 Å². The molecule has 0 aromatic heterocycles. The van der Waals surface area contributed by atoms with Gasteiger partial charge in [0, 0.05) is 19.7 Å². The van der Waals surface area contributed by atoms with Gasteiger partial charge in [-0.3, -0.25) is 4.79 Å². The molecule has 0 spiro atoms. The van der Waals surface area contributed by atoms with Crippen molar-refractivity contribution in [2.45, 2.75) is 40.5 Å². The van der Waals surface area contributed by atoms with Gasteiger partial charge in [-0.25, -0.2) is 0 Å². The third-order valence-corrected chi connectivity index (χ3v) is 2.62. The standard InChI is InChI=1S/C14H21NO.C2H6/c1-11(2)5-6-12-7-9-13(10-8-12)14(16)15(3)4;1-2/h7-11H,5-6H2,1-4H3;1-2H3. The Bertz CT molecular complexity index is 339. The Balaban J connectivity index is 0.00000137. The van der Waals surface area contributed by atoms with Gasteiger partial charge in [0.2, 0.25) is 0 Å². The average Bonchev–Trinajstić information content (AvgIpc) is 2.38. The molecule has 0 bridgehead atoms. The van der Waals surface area contributed by atoms with Gasteiger partial charge in [0.25, 0.3) is 5.91 Å². The Labute approximate surface area is 112 Å². The zero-order valence-electron chi connectivity index (χ0n) is 12.7. The van der Waals surface area contributed by atoms with Gasteiger partial charge >= 0.3 is 0 Å². The van der Waals surface area contributed by atoms with Crippen molar-refractivity contribution in [3.8, 4) is 0 Å². The Kier molecular flexibility index (Phi) is 8.10. The topological polar surface area (TPSA) is 20.3 Å². The van der Waals surface area contributed by atoms with Crippen LogP contribution in [0, 0.1) is 5.92 Å². The molecule has 0 aliphatic rings. The summed E-state index contributed by atoms with van der Waals surface area (Å²) in [6, 6.07) is 7.94. The van der Waals surface area contributed by atoms with Crippen LogP contribution in [0.25, 0.3) is 0 Å². The van der Waals surface area contributed by atoms with E-state index in [4.69, 9.17) is 0 Å². The number of amides is 1. The lowest BCUT2D eigenvalue weighted by atomic mass is 10.0. The summed E-state index contributed by atoms with van der Waals surface area (Å²) < 4.78 is 0. The first-order valence-corrected chi connectivity index (χ1v) is 6.81. The normalized spacial score (nSPS) is 9.72. The van der Waals surface area contributed by atoms with Crippen molar-refractivity contribution in [1.82, 2.24) is 4.90 Å². The lowest BCUT2D eigenvalue weighted by Gasteiger charge is -2.10. The quantitative estimate of drug-likeness (QED) is 0.789. The number of aryl methyl sites for hydroxylation is 1. The second-order valence-corrected chi connectivity index (χ2v) is 4.83. The number of carbonyl (C=O) groups excluding carboxylic acids is 1. The number of nitrogens with zero attached hydrogens (tertiary/aromatic N) is 1. The van der Waals surface area contributed by atoms with Gasteiger partial charge in [-0.1, -0.05) is 39.8 Å². The molecule has 1 rings (SSSR count). The highest BCUT2D eigenvalue weighted by Gasteiger charge is 2.07. The van der Waals surface area contributed by atoms with Crippen molar-refractivity contribution in [3.63, 3.8) is 0 Å². The fourth-order valence-electron chi connectivity index (χ4n) is 1.53. The van der Waals surface area contributed by atoms with E-state index in [1.54, 1.807) is 19.0 Å². The molecular weight excluding hydrogens is 222 g/mol. The van der Waals surface area contributed by atoms with E-state index in [9.17, 15) is 4.79 Å². The molecule has 0 heterocycles. The summed E-state index contributed by atoms with van der Waals surface area (Å²) in [7, 11) is 3.55. The van der Waals surface area contributed by atoms with Gasteiger partial charge in [0.15, 0.2) is 0 Å². The SMILES string of the molecule is CC.CC(C)CCc1ccc(C(=O)N(C)C)cc1. The third kappa shape index (κ3) is 5.85. The molecule has 0 aliphatic heterocycles. The number of benzene rings is 1. The van der Waals surface area contributed by atoms with E-state index >= 15 is 0 Å². The lowest BCUT2D eigenvalue weighted by Crippen LogP contribution is -2.21. The molecule has 102 valence electrons. The van der Waals surface area contributed by atoms with Crippen LogP contribution in [0.15, 0.2) is 24.3 Å². The maximum atomic E-state index is 11.6. The molecule has 0 fully saturated rings. The summed E-state index contributed by atoms with van der Waals surface area (Å²) in [5, 5.41) is 0. The minimum absolute atomic E-state index is 0.0652. The smallest absolute Gasteiger partial charge is 0.253 e. The van der Waals surface area contributed by atoms with E-state index < -0.39 is 0 Å². The van der Waals surface area contributed by atoms with E-state index in [1.807, 2.05) is 26.0 Å². The Morgan fingerprint density at radius 3 is 2.00 bits per heavy atom. The van der Waals surface area contributed by atoms with E-state index in [-0.39, 0.29) is 5.91 Å². The zero-order valence-corrected chi connectivity index (χ0v) is 12.7. The third-order valence-electron chi connectivity index (χ3n) is 2.62. The molecule has 18 heavy (non-hydrogen) atoms. The summed E-state index contributed by atoms with van der Waals surface area (Å²) in [4.78, 5) is 13.2. The maximum Gasteiger partial charge on any atom is 0.253 e. The van der Waals surface area contributed by atoms with Crippen LogP contribution >= 0.6 is 0 Å². The van der Waals surface area contributed by atoms with Crippen molar-refractivity contribution < 1.29 is 4.79 Å². The lowest BCUT2D eigenvalue weighted by molar-refractivity contribution is 0.0827. The highest BCUT2D eigenvalue weighted by Crippen LogP contribution is 2.11. The highest BCUT2D eigenvalue weighted by molar-refractivity contribution is 5.93. The highest BCUT2D eigenvalue weighted by atomic mass is 16.2. The van der Waals surface area contributed by atoms with Gasteiger partial charge in [0.05, 0.1) is 0 Å². The molecule has 0 aliphatic carbocycles. The monoisotopic (exact) mass is 249 g/mol. The first-order valence-electron chi connectivity index (χ1n) is 6.81. The fourth-order valence-corrected chi connectivity index (χ4v) is 1.53. The number of carbonyl (C=O) groups is 1. The van der Waals surface area contributed by atoms with E-state index in [1.165, 1.54) is 12.0 Å². The molecule has 0 radical (unpaired) electrons. The Morgan fingerprint density at radius 2 is 1.61 bits per heavy atom. The van der Waals surface area contributed by atoms with E-state index in [2.05, 4.69) is 26.0 Å².